The maximum absolute atomic E-state index is 11.9. The molecule has 0 heterocycles. The highest BCUT2D eigenvalue weighted by Gasteiger charge is 2.27. The monoisotopic (exact) mass is 418 g/mol. The Bertz CT molecular complexity index is 425. The molecule has 0 aliphatic carbocycles. The van der Waals surface area contributed by atoms with E-state index in [0.29, 0.717) is 13.0 Å². The summed E-state index contributed by atoms with van der Waals surface area (Å²) in [5, 5.41) is 0. The highest BCUT2D eigenvalue weighted by Crippen LogP contribution is 2.34. The quantitative estimate of drug-likeness (QED) is 0.443. The van der Waals surface area contributed by atoms with E-state index in [-0.39, 0.29) is 11.4 Å². The van der Waals surface area contributed by atoms with E-state index in [9.17, 15) is 13.2 Å². The zero-order valence-electron chi connectivity index (χ0n) is 10.8. The first-order chi connectivity index (χ1) is 9.33. The lowest BCUT2D eigenvalue weighted by Crippen LogP contribution is -2.17. The molecule has 2 nitrogen and oxygen atoms in total. The molecule has 1 unspecified atom stereocenters. The van der Waals surface area contributed by atoms with Gasteiger partial charge in [0.1, 0.15) is 12.4 Å². The molecule has 0 radical (unpaired) electrons. The van der Waals surface area contributed by atoms with Gasteiger partial charge in [-0.25, -0.2) is 0 Å². The van der Waals surface area contributed by atoms with Gasteiger partial charge >= 0.3 is 6.18 Å². The summed E-state index contributed by atoms with van der Waals surface area (Å²) in [6.45, 7) is 1.30. The summed E-state index contributed by atoms with van der Waals surface area (Å²) >= 11 is 6.88. The molecule has 0 aromatic heterocycles. The average Bonchev–Trinajstić information content (AvgIpc) is 2.34. The molecule has 0 amide bonds. The third-order valence-electron chi connectivity index (χ3n) is 2.40. The lowest BCUT2D eigenvalue weighted by molar-refractivity contribution is -0.174. The summed E-state index contributed by atoms with van der Waals surface area (Å²) in [5.41, 5.74) is 0.948. The van der Waals surface area contributed by atoms with E-state index in [2.05, 4.69) is 36.6 Å². The van der Waals surface area contributed by atoms with Crippen molar-refractivity contribution in [3.63, 3.8) is 0 Å². The van der Waals surface area contributed by atoms with Gasteiger partial charge in [0.25, 0.3) is 0 Å². The minimum absolute atomic E-state index is 0.0368. The molecule has 0 aliphatic heterocycles. The smallest absolute Gasteiger partial charge is 0.411 e. The van der Waals surface area contributed by atoms with Gasteiger partial charge in [-0.3, -0.25) is 0 Å². The number of hydrogen-bond acceptors (Lipinski definition) is 2. The van der Waals surface area contributed by atoms with E-state index in [1.807, 2.05) is 25.1 Å². The van der Waals surface area contributed by atoms with Crippen LogP contribution < -0.4 is 4.74 Å². The van der Waals surface area contributed by atoms with E-state index in [1.165, 1.54) is 0 Å². The Balaban J connectivity index is 2.49. The summed E-state index contributed by atoms with van der Waals surface area (Å²) in [6.07, 6.45) is -3.83. The summed E-state index contributed by atoms with van der Waals surface area (Å²) in [7, 11) is 0. The zero-order valence-corrected chi connectivity index (χ0v) is 14.0. The molecule has 1 aromatic carbocycles. The topological polar surface area (TPSA) is 18.5 Å². The number of hydrogen-bond donors (Lipinski definition) is 0. The first-order valence-corrected chi connectivity index (χ1v) is 7.75. The SMILES string of the molecule is CCOc1ccc(C(Br)CCOCC(F)(F)F)c(Br)c1. The first-order valence-electron chi connectivity index (χ1n) is 6.04. The van der Waals surface area contributed by atoms with Crippen LogP contribution in [0.2, 0.25) is 0 Å². The molecule has 1 aromatic rings. The van der Waals surface area contributed by atoms with Gasteiger partial charge in [-0.1, -0.05) is 37.9 Å². The summed E-state index contributed by atoms with van der Waals surface area (Å²) in [4.78, 5) is -0.0826. The normalized spacial score (nSPS) is 13.3. The van der Waals surface area contributed by atoms with Gasteiger partial charge < -0.3 is 9.47 Å². The highest BCUT2D eigenvalue weighted by atomic mass is 79.9. The van der Waals surface area contributed by atoms with Crippen LogP contribution in [0, 0.1) is 0 Å². The van der Waals surface area contributed by atoms with Gasteiger partial charge in [0.15, 0.2) is 0 Å². The van der Waals surface area contributed by atoms with Crippen LogP contribution in [0.15, 0.2) is 22.7 Å². The molecular weight excluding hydrogens is 405 g/mol. The molecule has 0 saturated carbocycles. The molecule has 0 N–H and O–H groups in total. The highest BCUT2D eigenvalue weighted by molar-refractivity contribution is 9.11. The number of alkyl halides is 4. The van der Waals surface area contributed by atoms with Crippen molar-refractivity contribution in [1.82, 2.24) is 0 Å². The number of halogens is 5. The van der Waals surface area contributed by atoms with E-state index in [1.54, 1.807) is 0 Å². The average molecular weight is 420 g/mol. The van der Waals surface area contributed by atoms with E-state index in [4.69, 9.17) is 4.74 Å². The van der Waals surface area contributed by atoms with Gasteiger partial charge in [0.05, 0.1) is 6.61 Å². The van der Waals surface area contributed by atoms with Gasteiger partial charge in [-0.15, -0.1) is 0 Å². The van der Waals surface area contributed by atoms with Crippen LogP contribution in [0.4, 0.5) is 13.2 Å². The molecular formula is C13H15Br2F3O2. The second-order valence-corrected chi connectivity index (χ2v) is 6.00. The zero-order chi connectivity index (χ0) is 15.2. The van der Waals surface area contributed by atoms with Crippen LogP contribution in [0.5, 0.6) is 5.75 Å². The minimum Gasteiger partial charge on any atom is -0.494 e. The second-order valence-electron chi connectivity index (χ2n) is 4.04. The maximum Gasteiger partial charge on any atom is 0.411 e. The van der Waals surface area contributed by atoms with Gasteiger partial charge in [-0.05, 0) is 31.0 Å². The van der Waals surface area contributed by atoms with Crippen LogP contribution in [0.3, 0.4) is 0 Å². The molecule has 1 rings (SSSR count). The second kappa shape index (κ2) is 8.24. The summed E-state index contributed by atoms with van der Waals surface area (Å²) < 4.78 is 46.6. The molecule has 0 fully saturated rings. The Labute approximate surface area is 132 Å². The maximum atomic E-state index is 11.9. The Morgan fingerprint density at radius 2 is 2.00 bits per heavy atom. The van der Waals surface area contributed by atoms with Crippen molar-refractivity contribution in [3.05, 3.63) is 28.2 Å². The standard InChI is InChI=1S/C13H15Br2F3O2/c1-2-20-9-3-4-10(12(15)7-9)11(14)5-6-19-8-13(16,17)18/h3-4,7,11H,2,5-6,8H2,1H3. The molecule has 0 bridgehead atoms. The first kappa shape index (κ1) is 17.8. The molecule has 0 spiro atoms. The van der Waals surface area contributed by atoms with Gasteiger partial charge in [0, 0.05) is 15.9 Å². The summed E-state index contributed by atoms with van der Waals surface area (Å²) in [6, 6.07) is 5.54. The molecule has 1 atom stereocenters. The molecule has 0 saturated heterocycles. The fraction of sp³-hybridized carbons (Fsp3) is 0.538. The predicted molar refractivity (Wildman–Crippen MR) is 78.5 cm³/mol. The van der Waals surface area contributed by atoms with Crippen LogP contribution in [0.25, 0.3) is 0 Å². The van der Waals surface area contributed by atoms with Crippen molar-refractivity contribution < 1.29 is 22.6 Å². The van der Waals surface area contributed by atoms with E-state index < -0.39 is 12.8 Å². The lowest BCUT2D eigenvalue weighted by atomic mass is 10.1. The Hall–Kier alpha value is -0.270. The van der Waals surface area contributed by atoms with Crippen molar-refractivity contribution in [2.75, 3.05) is 19.8 Å². The van der Waals surface area contributed by atoms with Crippen molar-refractivity contribution in [2.45, 2.75) is 24.3 Å². The molecule has 0 aliphatic rings. The van der Waals surface area contributed by atoms with E-state index in [0.717, 1.165) is 15.8 Å². The third-order valence-corrected chi connectivity index (χ3v) is 4.04. The van der Waals surface area contributed by atoms with Crippen LogP contribution >= 0.6 is 31.9 Å². The van der Waals surface area contributed by atoms with Crippen LogP contribution in [0.1, 0.15) is 23.7 Å². The molecule has 114 valence electrons. The Kier molecular flexibility index (Phi) is 7.33. The minimum atomic E-state index is -4.28. The van der Waals surface area contributed by atoms with Crippen molar-refractivity contribution in [3.8, 4) is 5.75 Å². The van der Waals surface area contributed by atoms with Crippen molar-refractivity contribution >= 4 is 31.9 Å². The predicted octanol–water partition coefficient (Wildman–Crippen LogP) is 5.25. The fourth-order valence-electron chi connectivity index (χ4n) is 1.55. The van der Waals surface area contributed by atoms with Gasteiger partial charge in [-0.2, -0.15) is 13.2 Å². The van der Waals surface area contributed by atoms with Crippen LogP contribution in [-0.4, -0.2) is 26.0 Å². The summed E-state index contributed by atoms with van der Waals surface area (Å²) in [5.74, 6) is 0.746. The third kappa shape index (κ3) is 6.45. The lowest BCUT2D eigenvalue weighted by Gasteiger charge is -2.14. The van der Waals surface area contributed by atoms with E-state index >= 15 is 0 Å². The van der Waals surface area contributed by atoms with Crippen LogP contribution in [-0.2, 0) is 4.74 Å². The number of rotatable bonds is 7. The molecule has 20 heavy (non-hydrogen) atoms. The largest absolute Gasteiger partial charge is 0.494 e. The Morgan fingerprint density at radius 1 is 1.30 bits per heavy atom. The number of benzene rings is 1. The molecule has 7 heteroatoms. The van der Waals surface area contributed by atoms with Gasteiger partial charge in [0.2, 0.25) is 0 Å². The fourth-order valence-corrected chi connectivity index (χ4v) is 3.08. The van der Waals surface area contributed by atoms with Crippen molar-refractivity contribution in [2.24, 2.45) is 0 Å². The number of ether oxygens (including phenoxy) is 2. The Morgan fingerprint density at radius 3 is 2.55 bits per heavy atom. The van der Waals surface area contributed by atoms with Crippen molar-refractivity contribution in [1.29, 1.82) is 0 Å².